The molecule has 0 spiro atoms. The first-order chi connectivity index (χ1) is 12.4. The van der Waals surface area contributed by atoms with Crippen molar-refractivity contribution in [3.8, 4) is 0 Å². The van der Waals surface area contributed by atoms with Gasteiger partial charge in [-0.2, -0.15) is 0 Å². The summed E-state index contributed by atoms with van der Waals surface area (Å²) in [5.41, 5.74) is -0.107. The molecule has 0 aromatic carbocycles. The van der Waals surface area contributed by atoms with E-state index in [1.807, 2.05) is 13.8 Å². The lowest BCUT2D eigenvalue weighted by molar-refractivity contribution is -0.148. The van der Waals surface area contributed by atoms with Crippen molar-refractivity contribution < 1.29 is 19.4 Å². The number of carboxylic acids is 1. The first-order valence-electron chi connectivity index (χ1n) is 9.19. The number of amides is 1. The van der Waals surface area contributed by atoms with E-state index >= 15 is 0 Å². The van der Waals surface area contributed by atoms with Crippen molar-refractivity contribution in [2.45, 2.75) is 32.7 Å². The molecule has 1 aromatic heterocycles. The van der Waals surface area contributed by atoms with Crippen LogP contribution in [0.15, 0.2) is 0 Å². The Balaban J connectivity index is 1.52. The normalized spacial score (nSPS) is 29.9. The summed E-state index contributed by atoms with van der Waals surface area (Å²) in [4.78, 5) is 34.2. The van der Waals surface area contributed by atoms with Gasteiger partial charge < -0.3 is 14.7 Å². The van der Waals surface area contributed by atoms with Gasteiger partial charge in [0.2, 0.25) is 0 Å². The molecule has 1 N–H and O–H groups in total. The summed E-state index contributed by atoms with van der Waals surface area (Å²) < 4.78 is 5.44. The molecule has 3 aliphatic heterocycles. The molecule has 8 heteroatoms. The summed E-state index contributed by atoms with van der Waals surface area (Å²) in [6, 6.07) is 0.404. The fraction of sp³-hybridized carbons (Fsp3) is 0.722. The van der Waals surface area contributed by atoms with Crippen LogP contribution in [0.25, 0.3) is 0 Å². The number of carbonyl (C=O) groups is 2. The van der Waals surface area contributed by atoms with Crippen molar-refractivity contribution in [1.29, 1.82) is 0 Å². The third kappa shape index (κ3) is 2.84. The highest BCUT2D eigenvalue weighted by molar-refractivity contribution is 7.13. The van der Waals surface area contributed by atoms with E-state index in [0.717, 1.165) is 43.3 Å². The largest absolute Gasteiger partial charge is 0.481 e. The van der Waals surface area contributed by atoms with E-state index in [1.54, 1.807) is 4.90 Å². The molecule has 7 nitrogen and oxygen atoms in total. The van der Waals surface area contributed by atoms with E-state index in [9.17, 15) is 14.7 Å². The van der Waals surface area contributed by atoms with Crippen LogP contribution in [-0.4, -0.2) is 77.2 Å². The van der Waals surface area contributed by atoms with Crippen molar-refractivity contribution in [3.63, 3.8) is 0 Å². The number of ether oxygens (including phenoxy) is 1. The minimum Gasteiger partial charge on any atom is -0.481 e. The molecule has 1 amide bonds. The second-order valence-corrected chi connectivity index (χ2v) is 8.97. The Bertz CT molecular complexity index is 730. The maximum absolute atomic E-state index is 12.9. The lowest BCUT2D eigenvalue weighted by Gasteiger charge is -2.33. The van der Waals surface area contributed by atoms with Crippen LogP contribution in [0.1, 0.15) is 33.2 Å². The molecule has 3 fully saturated rings. The van der Waals surface area contributed by atoms with Crippen LogP contribution in [0.5, 0.6) is 0 Å². The Morgan fingerprint density at radius 1 is 1.23 bits per heavy atom. The summed E-state index contributed by atoms with van der Waals surface area (Å²) in [7, 11) is 0. The minimum absolute atomic E-state index is 0.0129. The molecule has 0 unspecified atom stereocenters. The fourth-order valence-electron chi connectivity index (χ4n) is 4.76. The van der Waals surface area contributed by atoms with E-state index in [1.165, 1.54) is 11.3 Å². The number of hydrogen-bond donors (Lipinski definition) is 1. The van der Waals surface area contributed by atoms with Crippen molar-refractivity contribution >= 4 is 23.2 Å². The molecule has 0 saturated carbocycles. The summed E-state index contributed by atoms with van der Waals surface area (Å²) in [6.07, 6.45) is 1.93. The lowest BCUT2D eigenvalue weighted by Crippen LogP contribution is -2.45. The number of carbonyl (C=O) groups excluding carboxylic acids is 1. The Morgan fingerprint density at radius 3 is 2.54 bits per heavy atom. The number of hydrogen-bond acceptors (Lipinski definition) is 6. The number of nitrogens with zero attached hydrogens (tertiary/aromatic N) is 3. The zero-order chi connectivity index (χ0) is 18.5. The van der Waals surface area contributed by atoms with Crippen LogP contribution < -0.4 is 0 Å². The van der Waals surface area contributed by atoms with E-state index in [-0.39, 0.29) is 11.8 Å². The number of aromatic nitrogens is 1. The third-order valence-corrected chi connectivity index (χ3v) is 7.21. The second-order valence-electron chi connectivity index (χ2n) is 7.76. The van der Waals surface area contributed by atoms with Crippen molar-refractivity contribution in [1.82, 2.24) is 14.8 Å². The molecular weight excluding hydrogens is 354 g/mol. The van der Waals surface area contributed by atoms with Gasteiger partial charge in [0, 0.05) is 51.4 Å². The maximum Gasteiger partial charge on any atom is 0.313 e. The highest BCUT2D eigenvalue weighted by atomic mass is 32.1. The van der Waals surface area contributed by atoms with Gasteiger partial charge in [-0.05, 0) is 26.7 Å². The van der Waals surface area contributed by atoms with Gasteiger partial charge in [0.05, 0.1) is 10.7 Å². The SMILES string of the molecule is Cc1nc(C)c(C(=O)N2C[C@H]3CN(C4CCOCC4)C[C@@]3(C(=O)O)C2)s1. The quantitative estimate of drug-likeness (QED) is 0.855. The van der Waals surface area contributed by atoms with Gasteiger partial charge >= 0.3 is 5.97 Å². The van der Waals surface area contributed by atoms with Crippen LogP contribution in [0.2, 0.25) is 0 Å². The van der Waals surface area contributed by atoms with E-state index < -0.39 is 11.4 Å². The smallest absolute Gasteiger partial charge is 0.313 e. The monoisotopic (exact) mass is 379 g/mol. The average Bonchev–Trinajstić information content (AvgIpc) is 3.25. The predicted octanol–water partition coefficient (Wildman–Crippen LogP) is 1.40. The summed E-state index contributed by atoms with van der Waals surface area (Å²) in [6.45, 7) is 7.32. The Hall–Kier alpha value is -1.51. The molecule has 2 atom stereocenters. The highest BCUT2D eigenvalue weighted by Crippen LogP contribution is 2.45. The third-order valence-electron chi connectivity index (χ3n) is 6.15. The molecule has 0 bridgehead atoms. The molecule has 4 rings (SSSR count). The van der Waals surface area contributed by atoms with Crippen LogP contribution in [0.3, 0.4) is 0 Å². The van der Waals surface area contributed by atoms with Crippen LogP contribution in [-0.2, 0) is 9.53 Å². The standard InChI is InChI=1S/C18H25N3O4S/c1-11-15(26-12(2)19-11)16(22)21-8-13-7-20(14-3-5-25-6-4-14)9-18(13,10-21)17(23)24/h13-14H,3-10H2,1-2H3,(H,23,24)/t13-,18-/m1/s1. The van der Waals surface area contributed by atoms with Crippen LogP contribution >= 0.6 is 11.3 Å². The summed E-state index contributed by atoms with van der Waals surface area (Å²) in [5.74, 6) is -0.855. The van der Waals surface area contributed by atoms with Crippen molar-refractivity contribution in [3.05, 3.63) is 15.6 Å². The molecule has 26 heavy (non-hydrogen) atoms. The number of fused-ring (bicyclic) bond motifs is 1. The lowest BCUT2D eigenvalue weighted by atomic mass is 9.81. The van der Waals surface area contributed by atoms with Gasteiger partial charge in [-0.15, -0.1) is 11.3 Å². The Kier molecular flexibility index (Phi) is 4.53. The molecule has 3 aliphatic rings. The van der Waals surface area contributed by atoms with Crippen LogP contribution in [0.4, 0.5) is 0 Å². The minimum atomic E-state index is -0.846. The Morgan fingerprint density at radius 2 is 1.96 bits per heavy atom. The van der Waals surface area contributed by atoms with Gasteiger partial charge in [0.1, 0.15) is 10.3 Å². The topological polar surface area (TPSA) is 83.0 Å². The number of likely N-dealkylation sites (tertiary alicyclic amines) is 2. The van der Waals surface area contributed by atoms with Gasteiger partial charge in [-0.3, -0.25) is 14.5 Å². The van der Waals surface area contributed by atoms with Crippen molar-refractivity contribution in [2.75, 3.05) is 39.4 Å². The van der Waals surface area contributed by atoms with Gasteiger partial charge in [-0.1, -0.05) is 0 Å². The first-order valence-corrected chi connectivity index (χ1v) is 10.0. The summed E-state index contributed by atoms with van der Waals surface area (Å²) in [5, 5.41) is 10.9. The zero-order valence-corrected chi connectivity index (χ0v) is 16.0. The molecule has 0 aliphatic carbocycles. The molecule has 0 radical (unpaired) electrons. The van der Waals surface area contributed by atoms with E-state index in [4.69, 9.17) is 4.74 Å². The number of rotatable bonds is 3. The average molecular weight is 379 g/mol. The van der Waals surface area contributed by atoms with Crippen molar-refractivity contribution in [2.24, 2.45) is 11.3 Å². The fourth-order valence-corrected chi connectivity index (χ4v) is 5.65. The zero-order valence-electron chi connectivity index (χ0n) is 15.2. The number of aliphatic carboxylic acids is 1. The van der Waals surface area contributed by atoms with Crippen LogP contribution in [0, 0.1) is 25.2 Å². The molecule has 142 valence electrons. The van der Waals surface area contributed by atoms with E-state index in [2.05, 4.69) is 9.88 Å². The predicted molar refractivity (Wildman–Crippen MR) is 96.5 cm³/mol. The molecule has 1 aromatic rings. The number of thiazole rings is 1. The van der Waals surface area contributed by atoms with Gasteiger partial charge in [0.15, 0.2) is 0 Å². The molecule has 3 saturated heterocycles. The molecular formula is C18H25N3O4S. The molecule has 4 heterocycles. The van der Waals surface area contributed by atoms with Gasteiger partial charge in [-0.25, -0.2) is 4.98 Å². The second kappa shape index (κ2) is 6.58. The number of aryl methyl sites for hydroxylation is 2. The first kappa shape index (κ1) is 17.9. The number of carboxylic acid groups (broad SMARTS) is 1. The Labute approximate surface area is 156 Å². The van der Waals surface area contributed by atoms with E-state index in [0.29, 0.717) is 30.6 Å². The maximum atomic E-state index is 12.9. The van der Waals surface area contributed by atoms with Gasteiger partial charge in [0.25, 0.3) is 5.91 Å². The summed E-state index contributed by atoms with van der Waals surface area (Å²) >= 11 is 1.39. The highest BCUT2D eigenvalue weighted by Gasteiger charge is 2.59.